The highest BCUT2D eigenvalue weighted by molar-refractivity contribution is 5.95. The van der Waals surface area contributed by atoms with Gasteiger partial charge in [0.1, 0.15) is 5.82 Å². The second-order valence-corrected chi connectivity index (χ2v) is 4.52. The van der Waals surface area contributed by atoms with E-state index >= 15 is 0 Å². The van der Waals surface area contributed by atoms with Crippen LogP contribution >= 0.6 is 0 Å². The fourth-order valence-corrected chi connectivity index (χ4v) is 1.78. The molecule has 1 aromatic heterocycles. The third-order valence-electron chi connectivity index (χ3n) is 2.96. The quantitative estimate of drug-likeness (QED) is 0.751. The van der Waals surface area contributed by atoms with Crippen molar-refractivity contribution in [2.24, 2.45) is 5.92 Å². The summed E-state index contributed by atoms with van der Waals surface area (Å²) in [7, 11) is 4.67. The lowest BCUT2D eigenvalue weighted by Gasteiger charge is -2.22. The van der Waals surface area contributed by atoms with E-state index in [1.165, 1.54) is 13.3 Å². The van der Waals surface area contributed by atoms with Crippen molar-refractivity contribution < 1.29 is 14.3 Å². The molecule has 110 valence electrons. The summed E-state index contributed by atoms with van der Waals surface area (Å²) in [6, 6.07) is 1.55. The van der Waals surface area contributed by atoms with E-state index in [1.807, 2.05) is 6.92 Å². The largest absolute Gasteiger partial charge is 0.465 e. The van der Waals surface area contributed by atoms with E-state index in [0.29, 0.717) is 12.4 Å². The van der Waals surface area contributed by atoms with Crippen LogP contribution in [0.4, 0.5) is 11.5 Å². The average Bonchev–Trinajstić information content (AvgIpc) is 2.45. The van der Waals surface area contributed by atoms with Gasteiger partial charge in [-0.15, -0.1) is 0 Å². The van der Waals surface area contributed by atoms with Gasteiger partial charge in [-0.1, -0.05) is 6.92 Å². The number of esters is 1. The number of carbonyl (C=O) groups excluding carboxylic acids is 2. The minimum absolute atomic E-state index is 0.0551. The van der Waals surface area contributed by atoms with Crippen molar-refractivity contribution in [1.82, 2.24) is 10.3 Å². The van der Waals surface area contributed by atoms with Gasteiger partial charge in [-0.3, -0.25) is 4.79 Å². The lowest BCUT2D eigenvalue weighted by molar-refractivity contribution is -0.123. The first kappa shape index (κ1) is 15.7. The summed E-state index contributed by atoms with van der Waals surface area (Å²) >= 11 is 0. The molecule has 1 heterocycles. The predicted octanol–water partition coefficient (Wildman–Crippen LogP) is 0.269. The smallest absolute Gasteiger partial charge is 0.340 e. The number of anilines is 2. The van der Waals surface area contributed by atoms with E-state index in [0.717, 1.165) is 0 Å². The number of methoxy groups -OCH3 is 1. The van der Waals surface area contributed by atoms with Gasteiger partial charge in [0.25, 0.3) is 0 Å². The van der Waals surface area contributed by atoms with Gasteiger partial charge in [-0.2, -0.15) is 0 Å². The fraction of sp³-hybridized carbons (Fsp3) is 0.462. The van der Waals surface area contributed by atoms with Crippen LogP contribution < -0.4 is 16.0 Å². The Bertz CT molecular complexity index is 504. The molecule has 7 heteroatoms. The molecular formula is C13H20N4O3. The van der Waals surface area contributed by atoms with Gasteiger partial charge in [0.05, 0.1) is 30.5 Å². The highest BCUT2D eigenvalue weighted by Crippen LogP contribution is 2.19. The standard InChI is InChI=1S/C13H20N4O3/c1-8(12(18)15-2)7-17(3)11-5-9(13(19)20-4)10(14)6-16-11/h5-6,8H,7,14H2,1-4H3,(H,15,18). The summed E-state index contributed by atoms with van der Waals surface area (Å²) in [5, 5.41) is 2.59. The van der Waals surface area contributed by atoms with Gasteiger partial charge in [0, 0.05) is 20.6 Å². The third-order valence-corrected chi connectivity index (χ3v) is 2.96. The van der Waals surface area contributed by atoms with Gasteiger partial charge in [-0.05, 0) is 6.07 Å². The molecule has 0 radical (unpaired) electrons. The zero-order chi connectivity index (χ0) is 15.3. The van der Waals surface area contributed by atoms with E-state index in [9.17, 15) is 9.59 Å². The molecule has 0 saturated carbocycles. The van der Waals surface area contributed by atoms with Gasteiger partial charge < -0.3 is 20.7 Å². The van der Waals surface area contributed by atoms with Crippen LogP contribution in [0.25, 0.3) is 0 Å². The first-order chi connectivity index (χ1) is 9.40. The molecule has 0 spiro atoms. The number of amides is 1. The lowest BCUT2D eigenvalue weighted by Crippen LogP contribution is -2.34. The summed E-state index contributed by atoms with van der Waals surface area (Å²) < 4.78 is 4.66. The average molecular weight is 280 g/mol. The molecule has 0 aliphatic carbocycles. The number of hydrogen-bond acceptors (Lipinski definition) is 6. The molecular weight excluding hydrogens is 260 g/mol. The van der Waals surface area contributed by atoms with Gasteiger partial charge in [-0.25, -0.2) is 9.78 Å². The maximum atomic E-state index is 11.6. The number of nitrogens with zero attached hydrogens (tertiary/aromatic N) is 2. The number of nitrogen functional groups attached to an aromatic ring is 1. The Balaban J connectivity index is 2.91. The fourth-order valence-electron chi connectivity index (χ4n) is 1.78. The Hall–Kier alpha value is -2.31. The Morgan fingerprint density at radius 1 is 1.55 bits per heavy atom. The van der Waals surface area contributed by atoms with Crippen LogP contribution in [0.15, 0.2) is 12.3 Å². The van der Waals surface area contributed by atoms with E-state index in [2.05, 4.69) is 15.0 Å². The molecule has 0 fully saturated rings. The van der Waals surface area contributed by atoms with Crippen LogP contribution in [-0.4, -0.2) is 44.6 Å². The van der Waals surface area contributed by atoms with Crippen LogP contribution in [0.2, 0.25) is 0 Å². The molecule has 7 nitrogen and oxygen atoms in total. The monoisotopic (exact) mass is 280 g/mol. The Morgan fingerprint density at radius 3 is 2.75 bits per heavy atom. The number of nitrogens with two attached hydrogens (primary N) is 1. The molecule has 1 amide bonds. The molecule has 3 N–H and O–H groups in total. The van der Waals surface area contributed by atoms with E-state index < -0.39 is 5.97 Å². The maximum absolute atomic E-state index is 11.6. The second kappa shape index (κ2) is 6.74. The minimum Gasteiger partial charge on any atom is -0.465 e. The molecule has 0 saturated heterocycles. The lowest BCUT2D eigenvalue weighted by atomic mass is 10.1. The summed E-state index contributed by atoms with van der Waals surface area (Å²) in [4.78, 5) is 29.0. The zero-order valence-corrected chi connectivity index (χ0v) is 12.1. The number of nitrogens with one attached hydrogen (secondary N) is 1. The van der Waals surface area contributed by atoms with E-state index in [-0.39, 0.29) is 23.1 Å². The number of ether oxygens (including phenoxy) is 1. The first-order valence-corrected chi connectivity index (χ1v) is 6.17. The zero-order valence-electron chi connectivity index (χ0n) is 12.1. The second-order valence-electron chi connectivity index (χ2n) is 4.52. The third kappa shape index (κ3) is 3.59. The summed E-state index contributed by atoms with van der Waals surface area (Å²) in [6.07, 6.45) is 1.41. The molecule has 0 aromatic carbocycles. The SMILES string of the molecule is CNC(=O)C(C)CN(C)c1cc(C(=O)OC)c(N)cn1. The van der Waals surface area contributed by atoms with Crippen molar-refractivity contribution in [3.05, 3.63) is 17.8 Å². The predicted molar refractivity (Wildman–Crippen MR) is 76.5 cm³/mol. The molecule has 0 aliphatic rings. The Morgan fingerprint density at radius 2 is 2.20 bits per heavy atom. The van der Waals surface area contributed by atoms with Gasteiger partial charge in [0.2, 0.25) is 5.91 Å². The van der Waals surface area contributed by atoms with Crippen LogP contribution in [0.1, 0.15) is 17.3 Å². The van der Waals surface area contributed by atoms with Crippen molar-refractivity contribution >= 4 is 23.4 Å². The van der Waals surface area contributed by atoms with Crippen molar-refractivity contribution in [3.63, 3.8) is 0 Å². The van der Waals surface area contributed by atoms with Crippen molar-refractivity contribution in [2.75, 3.05) is 38.4 Å². The molecule has 20 heavy (non-hydrogen) atoms. The molecule has 1 aromatic rings. The van der Waals surface area contributed by atoms with Crippen LogP contribution in [0.3, 0.4) is 0 Å². The molecule has 0 aliphatic heterocycles. The molecule has 1 rings (SSSR count). The highest BCUT2D eigenvalue weighted by atomic mass is 16.5. The molecule has 1 unspecified atom stereocenters. The number of rotatable bonds is 5. The topological polar surface area (TPSA) is 97.5 Å². The Labute approximate surface area is 118 Å². The van der Waals surface area contributed by atoms with Crippen molar-refractivity contribution in [2.45, 2.75) is 6.92 Å². The summed E-state index contributed by atoms with van der Waals surface area (Å²) in [6.45, 7) is 2.28. The highest BCUT2D eigenvalue weighted by Gasteiger charge is 2.17. The number of aromatic nitrogens is 1. The number of hydrogen-bond donors (Lipinski definition) is 2. The van der Waals surface area contributed by atoms with E-state index in [4.69, 9.17) is 5.73 Å². The number of pyridine rings is 1. The Kier molecular flexibility index (Phi) is 5.31. The van der Waals surface area contributed by atoms with Crippen LogP contribution in [0.5, 0.6) is 0 Å². The van der Waals surface area contributed by atoms with E-state index in [1.54, 1.807) is 25.1 Å². The van der Waals surface area contributed by atoms with Crippen molar-refractivity contribution in [1.29, 1.82) is 0 Å². The normalized spacial score (nSPS) is 11.6. The molecule has 0 bridgehead atoms. The maximum Gasteiger partial charge on any atom is 0.340 e. The van der Waals surface area contributed by atoms with Crippen LogP contribution in [0, 0.1) is 5.92 Å². The van der Waals surface area contributed by atoms with Crippen molar-refractivity contribution in [3.8, 4) is 0 Å². The first-order valence-electron chi connectivity index (χ1n) is 6.17. The molecule has 1 atom stereocenters. The summed E-state index contributed by atoms with van der Waals surface area (Å²) in [5.74, 6) is -0.222. The summed E-state index contributed by atoms with van der Waals surface area (Å²) in [5.41, 5.74) is 6.21. The van der Waals surface area contributed by atoms with Gasteiger partial charge in [0.15, 0.2) is 0 Å². The number of carbonyl (C=O) groups is 2. The van der Waals surface area contributed by atoms with Gasteiger partial charge >= 0.3 is 5.97 Å². The van der Waals surface area contributed by atoms with Crippen LogP contribution in [-0.2, 0) is 9.53 Å². The minimum atomic E-state index is -0.515.